The van der Waals surface area contributed by atoms with Gasteiger partial charge in [-0.15, -0.1) is 11.3 Å². The first kappa shape index (κ1) is 22.1. The molecule has 0 atom stereocenters. The molecule has 0 aliphatic carbocycles. The van der Waals surface area contributed by atoms with Gasteiger partial charge in [0, 0.05) is 17.9 Å². The zero-order valence-corrected chi connectivity index (χ0v) is 19.5. The van der Waals surface area contributed by atoms with E-state index in [1.54, 1.807) is 30.3 Å². The molecule has 1 aliphatic heterocycles. The highest BCUT2D eigenvalue weighted by atomic mass is 32.2. The first-order valence-electron chi connectivity index (χ1n) is 10.5. The number of carboxylic acids is 1. The molecule has 0 saturated heterocycles. The van der Waals surface area contributed by atoms with E-state index in [0.717, 1.165) is 26.7 Å². The van der Waals surface area contributed by atoms with Gasteiger partial charge in [-0.1, -0.05) is 42.1 Å². The predicted molar refractivity (Wildman–Crippen MR) is 134 cm³/mol. The normalized spacial score (nSPS) is 12.5. The number of nitrogens with zero attached hydrogens (tertiary/aromatic N) is 2. The number of hydrogen-bond donors (Lipinski definition) is 2. The highest BCUT2D eigenvalue weighted by Crippen LogP contribution is 2.33. The number of carbonyl (C=O) groups is 3. The fourth-order valence-corrected chi connectivity index (χ4v) is 5.89. The second-order valence-electron chi connectivity index (χ2n) is 7.68. The number of nitrogens with one attached hydrogen (secondary N) is 1. The van der Waals surface area contributed by atoms with E-state index < -0.39 is 11.9 Å². The number of hydrogen-bond acceptors (Lipinski definition) is 6. The number of aromatic nitrogens is 1. The number of fused-ring (bicyclic) bond motifs is 2. The summed E-state index contributed by atoms with van der Waals surface area (Å²) in [4.78, 5) is 43.2. The number of benzene rings is 3. The van der Waals surface area contributed by atoms with Gasteiger partial charge in [-0.05, 0) is 48.4 Å². The van der Waals surface area contributed by atoms with Crippen molar-refractivity contribution in [1.82, 2.24) is 4.98 Å². The van der Waals surface area contributed by atoms with E-state index in [4.69, 9.17) is 0 Å². The van der Waals surface area contributed by atoms with Crippen molar-refractivity contribution in [3.63, 3.8) is 0 Å². The van der Waals surface area contributed by atoms with Crippen molar-refractivity contribution in [2.24, 2.45) is 0 Å². The van der Waals surface area contributed by atoms with Crippen LogP contribution in [0.1, 0.15) is 26.3 Å². The smallest absolute Gasteiger partial charge is 0.336 e. The van der Waals surface area contributed by atoms with E-state index in [1.807, 2.05) is 23.1 Å². The average Bonchev–Trinajstić information content (AvgIpc) is 3.46. The molecule has 2 amide bonds. The van der Waals surface area contributed by atoms with Crippen LogP contribution in [0, 0.1) is 0 Å². The summed E-state index contributed by atoms with van der Waals surface area (Å²) in [6, 6.07) is 19.4. The van der Waals surface area contributed by atoms with Gasteiger partial charge in [0.1, 0.15) is 0 Å². The van der Waals surface area contributed by atoms with Crippen molar-refractivity contribution in [2.75, 3.05) is 22.5 Å². The first-order valence-corrected chi connectivity index (χ1v) is 12.3. The lowest BCUT2D eigenvalue weighted by Crippen LogP contribution is -2.30. The van der Waals surface area contributed by atoms with Gasteiger partial charge in [0.25, 0.3) is 5.91 Å². The van der Waals surface area contributed by atoms with Crippen molar-refractivity contribution in [3.05, 3.63) is 83.4 Å². The Morgan fingerprint density at radius 2 is 1.79 bits per heavy atom. The van der Waals surface area contributed by atoms with Gasteiger partial charge in [-0.2, -0.15) is 0 Å². The van der Waals surface area contributed by atoms with E-state index in [1.165, 1.54) is 40.8 Å². The molecule has 1 aromatic heterocycles. The van der Waals surface area contributed by atoms with Crippen molar-refractivity contribution < 1.29 is 19.5 Å². The van der Waals surface area contributed by atoms with Gasteiger partial charge < -0.3 is 15.3 Å². The summed E-state index contributed by atoms with van der Waals surface area (Å²) in [6.45, 7) is 0.701. The van der Waals surface area contributed by atoms with E-state index in [-0.39, 0.29) is 17.0 Å². The number of thiazole rings is 1. The van der Waals surface area contributed by atoms with Crippen molar-refractivity contribution in [3.8, 4) is 0 Å². The maximum absolute atomic E-state index is 12.8. The number of aromatic carboxylic acids is 1. The van der Waals surface area contributed by atoms with Crippen LogP contribution in [0.15, 0.2) is 71.1 Å². The maximum Gasteiger partial charge on any atom is 0.336 e. The monoisotopic (exact) mass is 489 g/mol. The lowest BCUT2D eigenvalue weighted by Gasteiger charge is -2.16. The fourth-order valence-electron chi connectivity index (χ4n) is 3.91. The Morgan fingerprint density at radius 3 is 2.62 bits per heavy atom. The summed E-state index contributed by atoms with van der Waals surface area (Å²) in [7, 11) is 0. The standard InChI is InChI=1S/C25H19N3O4S2/c29-22(28-12-11-15-5-1-4-8-20(15)28)14-33-25-27-19-10-9-16(13-21(19)34-25)26-23(30)17-6-2-3-7-18(17)24(31)32/h1-10,13H,11-12,14H2,(H,26,30)(H,31,32). The molecule has 170 valence electrons. The number of rotatable bonds is 6. The highest BCUT2D eigenvalue weighted by molar-refractivity contribution is 8.01. The zero-order valence-electron chi connectivity index (χ0n) is 17.9. The Morgan fingerprint density at radius 1 is 1.03 bits per heavy atom. The van der Waals surface area contributed by atoms with Crippen LogP contribution in [0.3, 0.4) is 0 Å². The second kappa shape index (κ2) is 9.28. The molecule has 0 bridgehead atoms. The number of thioether (sulfide) groups is 1. The molecule has 34 heavy (non-hydrogen) atoms. The van der Waals surface area contributed by atoms with Crippen LogP contribution >= 0.6 is 23.1 Å². The Kier molecular flexibility index (Phi) is 6.04. The summed E-state index contributed by atoms with van der Waals surface area (Å²) < 4.78 is 1.64. The van der Waals surface area contributed by atoms with E-state index >= 15 is 0 Å². The predicted octanol–water partition coefficient (Wildman–Crippen LogP) is 4.93. The van der Waals surface area contributed by atoms with Crippen LogP contribution in [0.2, 0.25) is 0 Å². The Balaban J connectivity index is 1.27. The number of carboxylic acid groups (broad SMARTS) is 1. The van der Waals surface area contributed by atoms with Gasteiger partial charge in [0.05, 0.1) is 27.1 Å². The molecule has 5 rings (SSSR count). The molecule has 0 spiro atoms. The molecule has 1 aliphatic rings. The molecule has 4 aromatic rings. The van der Waals surface area contributed by atoms with E-state index in [0.29, 0.717) is 18.0 Å². The molecule has 0 unspecified atom stereocenters. The summed E-state index contributed by atoms with van der Waals surface area (Å²) in [5, 5.41) is 12.1. The summed E-state index contributed by atoms with van der Waals surface area (Å²) in [5.74, 6) is -1.30. The third-order valence-electron chi connectivity index (χ3n) is 5.54. The minimum absolute atomic E-state index is 0.0529. The van der Waals surface area contributed by atoms with Crippen molar-refractivity contribution in [2.45, 2.75) is 10.8 Å². The van der Waals surface area contributed by atoms with Gasteiger partial charge in [-0.3, -0.25) is 9.59 Å². The number of para-hydroxylation sites is 1. The van der Waals surface area contributed by atoms with Crippen LogP contribution in [0.25, 0.3) is 10.2 Å². The molecular formula is C25H19N3O4S2. The average molecular weight is 490 g/mol. The lowest BCUT2D eigenvalue weighted by atomic mass is 10.1. The minimum atomic E-state index is -1.16. The molecule has 0 fully saturated rings. The molecule has 0 radical (unpaired) electrons. The molecular weight excluding hydrogens is 470 g/mol. The second-order valence-corrected chi connectivity index (χ2v) is 9.93. The largest absolute Gasteiger partial charge is 0.478 e. The quantitative estimate of drug-likeness (QED) is 0.373. The number of amides is 2. The third kappa shape index (κ3) is 4.40. The molecule has 2 N–H and O–H groups in total. The summed E-state index contributed by atoms with van der Waals surface area (Å²) in [6.07, 6.45) is 0.874. The number of anilines is 2. The topological polar surface area (TPSA) is 99.6 Å². The fraction of sp³-hybridized carbons (Fsp3) is 0.120. The Labute approximate surface area is 203 Å². The van der Waals surface area contributed by atoms with Gasteiger partial charge in [-0.25, -0.2) is 9.78 Å². The lowest BCUT2D eigenvalue weighted by molar-refractivity contribution is -0.116. The molecule has 0 saturated carbocycles. The van der Waals surface area contributed by atoms with Crippen LogP contribution in [0.5, 0.6) is 0 Å². The maximum atomic E-state index is 12.8. The van der Waals surface area contributed by atoms with Gasteiger partial charge >= 0.3 is 5.97 Å². The van der Waals surface area contributed by atoms with Crippen LogP contribution in [-0.4, -0.2) is 40.2 Å². The van der Waals surface area contributed by atoms with Crippen molar-refractivity contribution >= 4 is 62.5 Å². The van der Waals surface area contributed by atoms with Crippen molar-refractivity contribution in [1.29, 1.82) is 0 Å². The Hall–Kier alpha value is -3.69. The molecule has 7 nitrogen and oxygen atoms in total. The molecule has 3 aromatic carbocycles. The van der Waals surface area contributed by atoms with Crippen LogP contribution in [-0.2, 0) is 11.2 Å². The SMILES string of the molecule is O=C(O)c1ccccc1C(=O)Nc1ccc2nc(SCC(=O)N3CCc4ccccc43)sc2c1. The third-order valence-corrected chi connectivity index (χ3v) is 7.68. The Bertz CT molecular complexity index is 1430. The van der Waals surface area contributed by atoms with E-state index in [2.05, 4.69) is 16.4 Å². The number of carbonyl (C=O) groups excluding carboxylic acids is 2. The van der Waals surface area contributed by atoms with Gasteiger partial charge in [0.15, 0.2) is 4.34 Å². The highest BCUT2D eigenvalue weighted by Gasteiger charge is 2.24. The van der Waals surface area contributed by atoms with Gasteiger partial charge in [0.2, 0.25) is 5.91 Å². The van der Waals surface area contributed by atoms with Crippen LogP contribution in [0.4, 0.5) is 11.4 Å². The van der Waals surface area contributed by atoms with E-state index in [9.17, 15) is 19.5 Å². The minimum Gasteiger partial charge on any atom is -0.478 e. The van der Waals surface area contributed by atoms with Crippen LogP contribution < -0.4 is 10.2 Å². The first-order chi connectivity index (χ1) is 16.5. The molecule has 9 heteroatoms. The summed E-state index contributed by atoms with van der Waals surface area (Å²) >= 11 is 2.85. The molecule has 2 heterocycles. The zero-order chi connectivity index (χ0) is 23.7. The summed E-state index contributed by atoms with van der Waals surface area (Å²) in [5.41, 5.74) is 3.54.